The minimum atomic E-state index is -1.21. The molecule has 0 radical (unpaired) electrons. The van der Waals surface area contributed by atoms with Gasteiger partial charge in [-0.3, -0.25) is 0 Å². The van der Waals surface area contributed by atoms with Crippen LogP contribution in [0.2, 0.25) is 0 Å². The zero-order chi connectivity index (χ0) is 33.3. The summed E-state index contributed by atoms with van der Waals surface area (Å²) < 4.78 is 25.0. The summed E-state index contributed by atoms with van der Waals surface area (Å²) in [6, 6.07) is 0. The van der Waals surface area contributed by atoms with Crippen LogP contribution in [0.15, 0.2) is 0 Å². The summed E-state index contributed by atoms with van der Waals surface area (Å²) in [6.45, 7) is 18.9. The molecule has 0 aromatic carbocycles. The van der Waals surface area contributed by atoms with Crippen molar-refractivity contribution in [1.29, 1.82) is 0 Å². The molecule has 0 spiro atoms. The maximum atomic E-state index is 9.27. The highest BCUT2D eigenvalue weighted by molar-refractivity contribution is 4.87. The van der Waals surface area contributed by atoms with Gasteiger partial charge in [0.1, 0.15) is 36.6 Å². The van der Waals surface area contributed by atoms with E-state index in [0.717, 1.165) is 6.61 Å². The highest BCUT2D eigenvalue weighted by Gasteiger charge is 2.42. The summed E-state index contributed by atoms with van der Waals surface area (Å²) in [7, 11) is 2.73. The molecule has 0 amide bonds. The molecule has 3 heterocycles. The lowest BCUT2D eigenvalue weighted by atomic mass is 10.0. The van der Waals surface area contributed by atoms with Gasteiger partial charge in [0.15, 0.2) is 12.6 Å². The summed E-state index contributed by atoms with van der Waals surface area (Å²) in [5.74, 6) is 0. The molecular weight excluding hydrogens is 548 g/mol. The standard InChI is InChI=1S/2C7H14O5.C7H14O.C6H14.2C2H6/c2*1-3-4(8)5(9)6(10)7(11-2)12-3;1-2-7-5-3-4-6-8-7;1-3-5-6-4-2;2*1-2/h2*3-10H,1-2H3;7H,2-6H2,1H3;3-6H2,1-2H3;2*1-2H3. The van der Waals surface area contributed by atoms with Crippen LogP contribution in [0.25, 0.3) is 0 Å². The molecular formula is C31H68O11. The number of ether oxygens (including phenoxy) is 5. The first-order chi connectivity index (χ1) is 20.0. The molecule has 3 rings (SSSR count). The fourth-order valence-corrected chi connectivity index (χ4v) is 4.05. The SMILES string of the molecule is CC.CC.CCC1CCCCO1.CCCCCC.COC1OC(C)C(O)C(O)C1O.COC1OC(C)C(O)C(O)C1O. The number of aliphatic hydroxyl groups excluding tert-OH is 6. The third kappa shape index (κ3) is 18.4. The predicted octanol–water partition coefficient (Wildman–Crippen LogP) is 3.53. The van der Waals surface area contributed by atoms with Crippen LogP contribution in [0.3, 0.4) is 0 Å². The van der Waals surface area contributed by atoms with Gasteiger partial charge in [-0.25, -0.2) is 0 Å². The summed E-state index contributed by atoms with van der Waals surface area (Å²) in [4.78, 5) is 0. The number of hydrogen-bond donors (Lipinski definition) is 6. The van der Waals surface area contributed by atoms with Gasteiger partial charge < -0.3 is 54.3 Å². The summed E-state index contributed by atoms with van der Waals surface area (Å²) >= 11 is 0. The number of hydrogen-bond acceptors (Lipinski definition) is 11. The molecule has 3 saturated heterocycles. The van der Waals surface area contributed by atoms with Crippen molar-refractivity contribution in [2.24, 2.45) is 0 Å². The topological polar surface area (TPSA) is 168 Å². The number of methoxy groups -OCH3 is 2. The van der Waals surface area contributed by atoms with Crippen molar-refractivity contribution < 1.29 is 54.3 Å². The molecule has 0 aromatic rings. The number of unbranched alkanes of at least 4 members (excludes halogenated alkanes) is 3. The van der Waals surface area contributed by atoms with E-state index in [1.165, 1.54) is 65.6 Å². The Kier molecular flexibility index (Phi) is 32.1. The van der Waals surface area contributed by atoms with E-state index in [1.807, 2.05) is 27.7 Å². The van der Waals surface area contributed by atoms with Crippen molar-refractivity contribution in [3.63, 3.8) is 0 Å². The molecule has 3 aliphatic rings. The highest BCUT2D eigenvalue weighted by Crippen LogP contribution is 2.22. The van der Waals surface area contributed by atoms with Crippen molar-refractivity contribution in [3.8, 4) is 0 Å². The van der Waals surface area contributed by atoms with Crippen LogP contribution in [0.5, 0.6) is 0 Å². The van der Waals surface area contributed by atoms with Crippen LogP contribution in [-0.4, -0.2) is 119 Å². The lowest BCUT2D eigenvalue weighted by molar-refractivity contribution is -0.286. The van der Waals surface area contributed by atoms with Gasteiger partial charge in [0.2, 0.25) is 0 Å². The van der Waals surface area contributed by atoms with Crippen molar-refractivity contribution in [3.05, 3.63) is 0 Å². The summed E-state index contributed by atoms with van der Waals surface area (Å²) in [6.07, 6.45) is 1.53. The quantitative estimate of drug-likeness (QED) is 0.242. The normalized spacial score (nSPS) is 35.5. The van der Waals surface area contributed by atoms with Crippen molar-refractivity contribution >= 4 is 0 Å². The van der Waals surface area contributed by atoms with Crippen LogP contribution < -0.4 is 0 Å². The molecule has 258 valence electrons. The lowest BCUT2D eigenvalue weighted by Crippen LogP contribution is -2.57. The molecule has 3 aliphatic heterocycles. The van der Waals surface area contributed by atoms with Crippen LogP contribution in [0.4, 0.5) is 0 Å². The van der Waals surface area contributed by atoms with Gasteiger partial charge >= 0.3 is 0 Å². The second-order valence-corrected chi connectivity index (χ2v) is 9.94. The molecule has 6 N–H and O–H groups in total. The fourth-order valence-electron chi connectivity index (χ4n) is 4.05. The molecule has 11 unspecified atom stereocenters. The molecule has 3 fully saturated rings. The van der Waals surface area contributed by atoms with Crippen LogP contribution in [-0.2, 0) is 23.7 Å². The third-order valence-electron chi connectivity index (χ3n) is 6.77. The molecule has 0 saturated carbocycles. The highest BCUT2D eigenvalue weighted by atomic mass is 16.7. The van der Waals surface area contributed by atoms with E-state index in [0.29, 0.717) is 6.10 Å². The maximum Gasteiger partial charge on any atom is 0.186 e. The second-order valence-electron chi connectivity index (χ2n) is 9.94. The van der Waals surface area contributed by atoms with Gasteiger partial charge in [0.25, 0.3) is 0 Å². The van der Waals surface area contributed by atoms with E-state index in [9.17, 15) is 30.6 Å². The van der Waals surface area contributed by atoms with Crippen LogP contribution >= 0.6 is 0 Å². The molecule has 0 aliphatic carbocycles. The maximum absolute atomic E-state index is 9.27. The Labute approximate surface area is 256 Å². The van der Waals surface area contributed by atoms with Gasteiger partial charge in [-0.2, -0.15) is 0 Å². The summed E-state index contributed by atoms with van der Waals surface area (Å²) in [5, 5.41) is 55.5. The summed E-state index contributed by atoms with van der Waals surface area (Å²) in [5.41, 5.74) is 0. The number of rotatable bonds is 6. The van der Waals surface area contributed by atoms with Crippen LogP contribution in [0.1, 0.15) is 114 Å². The fraction of sp³-hybridized carbons (Fsp3) is 1.00. The molecule has 11 atom stereocenters. The van der Waals surface area contributed by atoms with Crippen LogP contribution in [0, 0.1) is 0 Å². The molecule has 11 nitrogen and oxygen atoms in total. The minimum absolute atomic E-state index is 0.534. The Morgan fingerprint density at radius 3 is 1.21 bits per heavy atom. The third-order valence-corrected chi connectivity index (χ3v) is 6.77. The Hall–Kier alpha value is -0.440. The van der Waals surface area contributed by atoms with Gasteiger partial charge in [-0.1, -0.05) is 74.1 Å². The van der Waals surface area contributed by atoms with Crippen molar-refractivity contribution in [2.75, 3.05) is 20.8 Å². The smallest absolute Gasteiger partial charge is 0.186 e. The molecule has 42 heavy (non-hydrogen) atoms. The van der Waals surface area contributed by atoms with E-state index in [4.69, 9.17) is 23.7 Å². The average Bonchev–Trinajstić information content (AvgIpc) is 3.04. The van der Waals surface area contributed by atoms with Gasteiger partial charge in [0, 0.05) is 20.8 Å². The monoisotopic (exact) mass is 616 g/mol. The zero-order valence-electron chi connectivity index (χ0n) is 28.4. The molecule has 0 bridgehead atoms. The predicted molar refractivity (Wildman–Crippen MR) is 165 cm³/mol. The Morgan fingerprint density at radius 2 is 0.976 bits per heavy atom. The van der Waals surface area contributed by atoms with Crippen molar-refractivity contribution in [1.82, 2.24) is 0 Å². The minimum Gasteiger partial charge on any atom is -0.388 e. The largest absolute Gasteiger partial charge is 0.388 e. The van der Waals surface area contributed by atoms with E-state index in [1.54, 1.807) is 13.8 Å². The van der Waals surface area contributed by atoms with Gasteiger partial charge in [-0.15, -0.1) is 0 Å². The Bertz CT molecular complexity index is 503. The second kappa shape index (κ2) is 29.3. The Balaban J connectivity index is -0.000000477. The lowest BCUT2D eigenvalue weighted by Gasteiger charge is -2.38. The van der Waals surface area contributed by atoms with Crippen molar-refractivity contribution in [2.45, 2.75) is 181 Å². The number of aliphatic hydroxyl groups is 6. The first kappa shape index (κ1) is 46.0. The molecule has 11 heteroatoms. The Morgan fingerprint density at radius 1 is 0.595 bits per heavy atom. The van der Waals surface area contributed by atoms with Gasteiger partial charge in [0.05, 0.1) is 18.3 Å². The first-order valence-electron chi connectivity index (χ1n) is 16.1. The molecule has 0 aromatic heterocycles. The average molecular weight is 617 g/mol. The van der Waals surface area contributed by atoms with E-state index >= 15 is 0 Å². The zero-order valence-corrected chi connectivity index (χ0v) is 28.4. The van der Waals surface area contributed by atoms with E-state index in [2.05, 4.69) is 20.8 Å². The van der Waals surface area contributed by atoms with Gasteiger partial charge in [-0.05, 0) is 39.5 Å². The van der Waals surface area contributed by atoms with E-state index < -0.39 is 61.4 Å². The van der Waals surface area contributed by atoms with E-state index in [-0.39, 0.29) is 0 Å². The first-order valence-corrected chi connectivity index (χ1v) is 16.1.